The van der Waals surface area contributed by atoms with Crippen LogP contribution in [0.25, 0.3) is 9.88 Å². The smallest absolute Gasteiger partial charge is 0.265 e. The molecule has 1 aliphatic heterocycles. The van der Waals surface area contributed by atoms with Crippen LogP contribution >= 0.6 is 47.5 Å². The van der Waals surface area contributed by atoms with Gasteiger partial charge in [-0.15, -0.1) is 47.5 Å². The van der Waals surface area contributed by atoms with Gasteiger partial charge in [-0.3, -0.25) is 4.79 Å². The van der Waals surface area contributed by atoms with Crippen molar-refractivity contribution in [1.82, 2.24) is 15.2 Å². The van der Waals surface area contributed by atoms with Crippen LogP contribution in [0, 0.1) is 6.92 Å². The molecule has 128 valence electrons. The molecule has 1 saturated heterocycles. The summed E-state index contributed by atoms with van der Waals surface area (Å²) in [7, 11) is 1.92. The number of rotatable bonds is 3. The van der Waals surface area contributed by atoms with Crippen LogP contribution in [0.4, 0.5) is 0 Å². The number of carbonyl (C=O) groups excluding carboxylic acids is 1. The topological polar surface area (TPSA) is 45.2 Å². The molecule has 0 saturated carbocycles. The zero-order valence-electron chi connectivity index (χ0n) is 13.1. The number of thiazole rings is 1. The van der Waals surface area contributed by atoms with Crippen LogP contribution in [-0.2, 0) is 0 Å². The maximum absolute atomic E-state index is 12.7. The van der Waals surface area contributed by atoms with Gasteiger partial charge >= 0.3 is 0 Å². The molecule has 0 aromatic carbocycles. The average Bonchev–Trinajstić information content (AvgIpc) is 3.16. The van der Waals surface area contributed by atoms with Crippen LogP contribution in [0.2, 0.25) is 0 Å². The SMILES string of the molecule is Cc1nc(-c2cccs2)sc1C(=O)N(C)C1CCNCC1.Cl.Cl. The summed E-state index contributed by atoms with van der Waals surface area (Å²) in [5.74, 6) is 0.111. The number of piperidine rings is 1. The van der Waals surface area contributed by atoms with Gasteiger partial charge in [0.05, 0.1) is 10.6 Å². The second kappa shape index (κ2) is 8.99. The van der Waals surface area contributed by atoms with E-state index >= 15 is 0 Å². The van der Waals surface area contributed by atoms with E-state index in [0.717, 1.165) is 46.4 Å². The summed E-state index contributed by atoms with van der Waals surface area (Å²) in [6, 6.07) is 4.40. The summed E-state index contributed by atoms with van der Waals surface area (Å²) in [5, 5.41) is 6.32. The van der Waals surface area contributed by atoms with Crippen molar-refractivity contribution in [3.8, 4) is 9.88 Å². The molecule has 0 radical (unpaired) electrons. The van der Waals surface area contributed by atoms with E-state index in [2.05, 4.69) is 10.3 Å². The Hall–Kier alpha value is -0.660. The molecule has 1 amide bonds. The zero-order chi connectivity index (χ0) is 14.8. The lowest BCUT2D eigenvalue weighted by Gasteiger charge is -2.31. The van der Waals surface area contributed by atoms with Crippen molar-refractivity contribution in [3.05, 3.63) is 28.1 Å². The number of hydrogen-bond acceptors (Lipinski definition) is 5. The molecule has 0 spiro atoms. The molecule has 4 nitrogen and oxygen atoms in total. The molecular formula is C15H21Cl2N3OS2. The standard InChI is InChI=1S/C15H19N3OS2.2ClH/c1-10-13(21-14(17-10)12-4-3-9-20-12)15(19)18(2)11-5-7-16-8-6-11;;/h3-4,9,11,16H,5-8H2,1-2H3;2*1H. The molecule has 23 heavy (non-hydrogen) atoms. The molecule has 1 aliphatic rings. The highest BCUT2D eigenvalue weighted by Gasteiger charge is 2.26. The molecule has 3 heterocycles. The summed E-state index contributed by atoms with van der Waals surface area (Å²) < 4.78 is 0. The van der Waals surface area contributed by atoms with E-state index in [9.17, 15) is 4.79 Å². The molecule has 0 aliphatic carbocycles. The van der Waals surface area contributed by atoms with Gasteiger partial charge in [0.15, 0.2) is 0 Å². The lowest BCUT2D eigenvalue weighted by Crippen LogP contribution is -2.43. The third-order valence-electron chi connectivity index (χ3n) is 3.90. The maximum Gasteiger partial charge on any atom is 0.265 e. The van der Waals surface area contributed by atoms with E-state index in [1.165, 1.54) is 11.3 Å². The summed E-state index contributed by atoms with van der Waals surface area (Å²) in [6.07, 6.45) is 2.05. The molecule has 0 unspecified atom stereocenters. The summed E-state index contributed by atoms with van der Waals surface area (Å²) in [6.45, 7) is 3.91. The van der Waals surface area contributed by atoms with Gasteiger partial charge in [0.1, 0.15) is 9.88 Å². The van der Waals surface area contributed by atoms with Crippen LogP contribution < -0.4 is 5.32 Å². The first-order chi connectivity index (χ1) is 10.2. The molecule has 0 atom stereocenters. The Labute approximate surface area is 157 Å². The zero-order valence-corrected chi connectivity index (χ0v) is 16.3. The largest absolute Gasteiger partial charge is 0.338 e. The van der Waals surface area contributed by atoms with E-state index < -0.39 is 0 Å². The molecule has 1 N–H and O–H groups in total. The lowest BCUT2D eigenvalue weighted by atomic mass is 10.1. The van der Waals surface area contributed by atoms with Crippen LogP contribution in [-0.4, -0.2) is 42.0 Å². The molecule has 2 aromatic heterocycles. The second-order valence-corrected chi connectivity index (χ2v) is 7.25. The van der Waals surface area contributed by atoms with Crippen molar-refractivity contribution < 1.29 is 4.79 Å². The fourth-order valence-electron chi connectivity index (χ4n) is 2.62. The highest BCUT2D eigenvalue weighted by Crippen LogP contribution is 2.32. The minimum atomic E-state index is 0. The third kappa shape index (κ3) is 4.45. The van der Waals surface area contributed by atoms with Crippen molar-refractivity contribution in [3.63, 3.8) is 0 Å². The third-order valence-corrected chi connectivity index (χ3v) is 6.08. The fourth-order valence-corrected chi connectivity index (χ4v) is 4.47. The van der Waals surface area contributed by atoms with Gasteiger partial charge in [-0.05, 0) is 44.3 Å². The maximum atomic E-state index is 12.7. The van der Waals surface area contributed by atoms with Crippen LogP contribution in [0.5, 0.6) is 0 Å². The summed E-state index contributed by atoms with van der Waals surface area (Å²) in [4.78, 5) is 21.1. The van der Waals surface area contributed by atoms with E-state index in [1.54, 1.807) is 11.3 Å². The summed E-state index contributed by atoms with van der Waals surface area (Å²) in [5.41, 5.74) is 0.842. The van der Waals surface area contributed by atoms with E-state index in [-0.39, 0.29) is 30.7 Å². The Morgan fingerprint density at radius 1 is 1.35 bits per heavy atom. The number of nitrogens with zero attached hydrogens (tertiary/aromatic N) is 2. The van der Waals surface area contributed by atoms with Crippen LogP contribution in [0.15, 0.2) is 17.5 Å². The van der Waals surface area contributed by atoms with Gasteiger partial charge in [-0.25, -0.2) is 4.98 Å². The number of thiophene rings is 1. The van der Waals surface area contributed by atoms with Crippen LogP contribution in [0.3, 0.4) is 0 Å². The Morgan fingerprint density at radius 2 is 2.04 bits per heavy atom. The van der Waals surface area contributed by atoms with E-state index in [0.29, 0.717) is 6.04 Å². The molecule has 3 rings (SSSR count). The van der Waals surface area contributed by atoms with Gasteiger partial charge in [0.2, 0.25) is 0 Å². The molecule has 0 bridgehead atoms. The van der Waals surface area contributed by atoms with Crippen molar-refractivity contribution in [1.29, 1.82) is 0 Å². The van der Waals surface area contributed by atoms with E-state index in [4.69, 9.17) is 0 Å². The van der Waals surface area contributed by atoms with Crippen LogP contribution in [0.1, 0.15) is 28.2 Å². The first kappa shape index (κ1) is 20.4. The quantitative estimate of drug-likeness (QED) is 0.860. The van der Waals surface area contributed by atoms with Crippen molar-refractivity contribution >= 4 is 53.4 Å². The van der Waals surface area contributed by atoms with Crippen molar-refractivity contribution in [2.45, 2.75) is 25.8 Å². The Bertz CT molecular complexity index is 625. The molecule has 2 aromatic rings. The normalized spacial score (nSPS) is 14.7. The lowest BCUT2D eigenvalue weighted by molar-refractivity contribution is 0.0707. The van der Waals surface area contributed by atoms with Crippen molar-refractivity contribution in [2.24, 2.45) is 0 Å². The number of hydrogen-bond donors (Lipinski definition) is 1. The van der Waals surface area contributed by atoms with Crippen molar-refractivity contribution in [2.75, 3.05) is 20.1 Å². The highest BCUT2D eigenvalue weighted by molar-refractivity contribution is 7.22. The Balaban J connectivity index is 0.00000132. The predicted molar refractivity (Wildman–Crippen MR) is 103 cm³/mol. The Morgan fingerprint density at radius 3 is 2.65 bits per heavy atom. The highest BCUT2D eigenvalue weighted by atomic mass is 35.5. The fraction of sp³-hybridized carbons (Fsp3) is 0.467. The number of halogens is 2. The monoisotopic (exact) mass is 393 g/mol. The average molecular weight is 394 g/mol. The molecular weight excluding hydrogens is 373 g/mol. The first-order valence-corrected chi connectivity index (χ1v) is 8.85. The first-order valence-electron chi connectivity index (χ1n) is 7.16. The Kier molecular flexibility index (Phi) is 7.97. The second-order valence-electron chi connectivity index (χ2n) is 5.31. The number of nitrogens with one attached hydrogen (secondary N) is 1. The summed E-state index contributed by atoms with van der Waals surface area (Å²) >= 11 is 3.17. The number of aromatic nitrogens is 1. The van der Waals surface area contributed by atoms with Gasteiger partial charge in [0.25, 0.3) is 5.91 Å². The number of aryl methyl sites for hydroxylation is 1. The number of carbonyl (C=O) groups is 1. The molecule has 8 heteroatoms. The van der Waals surface area contributed by atoms with Gasteiger partial charge in [0, 0.05) is 13.1 Å². The minimum absolute atomic E-state index is 0. The molecule has 1 fully saturated rings. The number of amides is 1. The van der Waals surface area contributed by atoms with Gasteiger partial charge in [-0.1, -0.05) is 6.07 Å². The minimum Gasteiger partial charge on any atom is -0.338 e. The van der Waals surface area contributed by atoms with Gasteiger partial charge in [-0.2, -0.15) is 0 Å². The van der Waals surface area contributed by atoms with E-state index in [1.807, 2.05) is 36.4 Å². The predicted octanol–water partition coefficient (Wildman–Crippen LogP) is 3.85. The van der Waals surface area contributed by atoms with Gasteiger partial charge < -0.3 is 10.2 Å².